The first-order chi connectivity index (χ1) is 12.4. The number of amides is 1. The Morgan fingerprint density at radius 3 is 2.54 bits per heavy atom. The number of nitrogens with one attached hydrogen (secondary N) is 1. The highest BCUT2D eigenvalue weighted by molar-refractivity contribution is 7.58. The van der Waals surface area contributed by atoms with Crippen LogP contribution in [0.15, 0.2) is 30.3 Å². The van der Waals surface area contributed by atoms with Crippen molar-refractivity contribution >= 4 is 19.4 Å². The maximum Gasteiger partial charge on any atom is 0.408 e. The molecule has 1 rings (SSSR count). The molecule has 0 aromatic heterocycles. The highest BCUT2D eigenvalue weighted by Crippen LogP contribution is 2.43. The highest BCUT2D eigenvalue weighted by Gasteiger charge is 2.26. The average molecular weight is 385 g/mol. The van der Waals surface area contributed by atoms with E-state index < -0.39 is 25.5 Å². The summed E-state index contributed by atoms with van der Waals surface area (Å²) in [6.07, 6.45) is 1.34. The maximum atomic E-state index is 12.4. The van der Waals surface area contributed by atoms with Crippen LogP contribution in [-0.2, 0) is 30.0 Å². The molecule has 0 aliphatic rings. The molecular weight excluding hydrogens is 357 g/mol. The second-order valence-electron chi connectivity index (χ2n) is 5.99. The second kappa shape index (κ2) is 11.7. The van der Waals surface area contributed by atoms with E-state index in [0.29, 0.717) is 6.61 Å². The minimum atomic E-state index is -2.83. The van der Waals surface area contributed by atoms with Crippen LogP contribution in [0, 0.1) is 0 Å². The minimum Gasteiger partial charge on any atom is -0.467 e. The van der Waals surface area contributed by atoms with Crippen molar-refractivity contribution in [1.82, 2.24) is 5.32 Å². The molecule has 1 amide bonds. The van der Waals surface area contributed by atoms with Gasteiger partial charge in [-0.3, -0.25) is 4.57 Å². The van der Waals surface area contributed by atoms with Gasteiger partial charge >= 0.3 is 12.1 Å². The van der Waals surface area contributed by atoms with Crippen LogP contribution < -0.4 is 5.32 Å². The number of methoxy groups -OCH3 is 1. The van der Waals surface area contributed by atoms with Crippen molar-refractivity contribution in [3.05, 3.63) is 35.9 Å². The fourth-order valence-corrected chi connectivity index (χ4v) is 3.50. The van der Waals surface area contributed by atoms with Gasteiger partial charge in [0.05, 0.1) is 13.7 Å². The zero-order valence-electron chi connectivity index (χ0n) is 15.6. The van der Waals surface area contributed by atoms with E-state index in [4.69, 9.17) is 14.0 Å². The van der Waals surface area contributed by atoms with Gasteiger partial charge in [-0.05, 0) is 18.4 Å². The van der Waals surface area contributed by atoms with Gasteiger partial charge in [-0.15, -0.1) is 0 Å². The van der Waals surface area contributed by atoms with E-state index >= 15 is 0 Å². The molecule has 0 aliphatic carbocycles. The predicted molar refractivity (Wildman–Crippen MR) is 99.4 cm³/mol. The number of alkyl carbamates (subject to hydrolysis) is 1. The smallest absolute Gasteiger partial charge is 0.408 e. The molecule has 0 saturated carbocycles. The number of carbonyl (C=O) groups is 2. The topological polar surface area (TPSA) is 90.9 Å². The molecule has 1 aromatic carbocycles. The van der Waals surface area contributed by atoms with Crippen LogP contribution in [0.3, 0.4) is 0 Å². The van der Waals surface area contributed by atoms with Gasteiger partial charge in [0, 0.05) is 12.8 Å². The summed E-state index contributed by atoms with van der Waals surface area (Å²) >= 11 is 0. The van der Waals surface area contributed by atoms with Crippen molar-refractivity contribution < 1.29 is 28.2 Å². The minimum absolute atomic E-state index is 0.0902. The Kier molecular flexibility index (Phi) is 9.99. The summed E-state index contributed by atoms with van der Waals surface area (Å²) in [7, 11) is -1.60. The lowest BCUT2D eigenvalue weighted by Crippen LogP contribution is -2.42. The second-order valence-corrected chi connectivity index (χ2v) is 8.73. The summed E-state index contributed by atoms with van der Waals surface area (Å²) in [5.74, 6) is -0.616. The van der Waals surface area contributed by atoms with Crippen LogP contribution in [0.1, 0.15) is 31.7 Å². The molecule has 8 heteroatoms. The van der Waals surface area contributed by atoms with Crippen molar-refractivity contribution in [1.29, 1.82) is 0 Å². The number of hydrogen-bond donors (Lipinski definition) is 1. The van der Waals surface area contributed by atoms with Crippen LogP contribution in [0.5, 0.6) is 0 Å². The molecule has 0 saturated heterocycles. The molecule has 1 N–H and O–H groups in total. The highest BCUT2D eigenvalue weighted by atomic mass is 31.2. The van der Waals surface area contributed by atoms with Gasteiger partial charge in [0.25, 0.3) is 0 Å². The standard InChI is InChI=1S/C18H28NO6P/c1-4-5-12-25-26(3,22)13-11-16(17(20)23-2)19-18(21)24-14-15-9-7-6-8-10-15/h6-10,16H,4-5,11-14H2,1-3H3,(H,19,21). The maximum absolute atomic E-state index is 12.4. The average Bonchev–Trinajstić information content (AvgIpc) is 2.63. The first-order valence-electron chi connectivity index (χ1n) is 8.64. The number of unbranched alkanes of at least 4 members (excludes halogenated alkanes) is 1. The molecule has 2 unspecified atom stereocenters. The van der Waals surface area contributed by atoms with Crippen molar-refractivity contribution in [3.63, 3.8) is 0 Å². The quantitative estimate of drug-likeness (QED) is 0.356. The molecule has 0 bridgehead atoms. The monoisotopic (exact) mass is 385 g/mol. The molecular formula is C18H28NO6P. The van der Waals surface area contributed by atoms with E-state index in [1.54, 1.807) is 0 Å². The number of ether oxygens (including phenoxy) is 2. The summed E-state index contributed by atoms with van der Waals surface area (Å²) in [5, 5.41) is 2.47. The van der Waals surface area contributed by atoms with Crippen LogP contribution in [0.2, 0.25) is 0 Å². The van der Waals surface area contributed by atoms with Gasteiger partial charge in [0.2, 0.25) is 0 Å². The number of benzene rings is 1. The number of rotatable bonds is 11. The summed E-state index contributed by atoms with van der Waals surface area (Å²) in [5.41, 5.74) is 0.833. The molecule has 146 valence electrons. The van der Waals surface area contributed by atoms with Gasteiger partial charge in [-0.1, -0.05) is 43.7 Å². The first-order valence-corrected chi connectivity index (χ1v) is 10.9. The van der Waals surface area contributed by atoms with Gasteiger partial charge in [-0.25, -0.2) is 9.59 Å². The van der Waals surface area contributed by atoms with Gasteiger partial charge < -0.3 is 19.3 Å². The third-order valence-electron chi connectivity index (χ3n) is 3.68. The van der Waals surface area contributed by atoms with Gasteiger partial charge in [0.1, 0.15) is 12.6 Å². The van der Waals surface area contributed by atoms with E-state index in [2.05, 4.69) is 5.32 Å². The van der Waals surface area contributed by atoms with E-state index in [-0.39, 0.29) is 19.2 Å². The lowest BCUT2D eigenvalue weighted by atomic mass is 10.2. The van der Waals surface area contributed by atoms with Crippen molar-refractivity contribution in [2.24, 2.45) is 0 Å². The SMILES string of the molecule is CCCCOP(C)(=O)CCC(NC(=O)OCc1ccccc1)C(=O)OC. The number of esters is 1. The Morgan fingerprint density at radius 1 is 1.23 bits per heavy atom. The Bertz CT molecular complexity index is 607. The Hall–Kier alpha value is -1.85. The number of hydrogen-bond acceptors (Lipinski definition) is 6. The summed E-state index contributed by atoms with van der Waals surface area (Å²) in [6, 6.07) is 8.25. The Balaban J connectivity index is 2.51. The Morgan fingerprint density at radius 2 is 1.92 bits per heavy atom. The fraction of sp³-hybridized carbons (Fsp3) is 0.556. The fourth-order valence-electron chi connectivity index (χ4n) is 2.13. The van der Waals surface area contributed by atoms with Gasteiger partial charge in [-0.2, -0.15) is 0 Å². The molecule has 1 aromatic rings. The lowest BCUT2D eigenvalue weighted by molar-refractivity contribution is -0.143. The third kappa shape index (κ3) is 9.02. The molecule has 0 heterocycles. The molecule has 7 nitrogen and oxygen atoms in total. The molecule has 0 fully saturated rings. The van der Waals surface area contributed by atoms with Crippen LogP contribution in [-0.4, -0.2) is 44.6 Å². The van der Waals surface area contributed by atoms with E-state index in [1.807, 2.05) is 37.3 Å². The lowest BCUT2D eigenvalue weighted by Gasteiger charge is -2.19. The van der Waals surface area contributed by atoms with Crippen LogP contribution in [0.25, 0.3) is 0 Å². The number of carbonyl (C=O) groups excluding carboxylic acids is 2. The van der Waals surface area contributed by atoms with E-state index in [0.717, 1.165) is 18.4 Å². The third-order valence-corrected chi connectivity index (χ3v) is 5.48. The largest absolute Gasteiger partial charge is 0.467 e. The van der Waals surface area contributed by atoms with Crippen LogP contribution >= 0.6 is 7.37 Å². The summed E-state index contributed by atoms with van der Waals surface area (Å²) in [4.78, 5) is 23.8. The zero-order valence-corrected chi connectivity index (χ0v) is 16.5. The molecule has 26 heavy (non-hydrogen) atoms. The van der Waals surface area contributed by atoms with Crippen LogP contribution in [0.4, 0.5) is 4.79 Å². The van der Waals surface area contributed by atoms with Crippen molar-refractivity contribution in [3.8, 4) is 0 Å². The molecule has 0 spiro atoms. The van der Waals surface area contributed by atoms with E-state index in [1.165, 1.54) is 13.8 Å². The zero-order chi connectivity index (χ0) is 19.4. The predicted octanol–water partition coefficient (Wildman–Crippen LogP) is 3.57. The first kappa shape index (κ1) is 22.2. The van der Waals surface area contributed by atoms with Crippen molar-refractivity contribution in [2.45, 2.75) is 38.8 Å². The molecule has 0 aliphatic heterocycles. The normalized spacial score (nSPS) is 14.1. The molecule has 2 atom stereocenters. The summed E-state index contributed by atoms with van der Waals surface area (Å²) < 4.78 is 27.6. The summed E-state index contributed by atoms with van der Waals surface area (Å²) in [6.45, 7) is 4.06. The van der Waals surface area contributed by atoms with E-state index in [9.17, 15) is 14.2 Å². The van der Waals surface area contributed by atoms with Crippen molar-refractivity contribution in [2.75, 3.05) is 26.5 Å². The Labute approximate surface area is 154 Å². The molecule has 0 radical (unpaired) electrons. The van der Waals surface area contributed by atoms with Gasteiger partial charge in [0.15, 0.2) is 7.37 Å².